The van der Waals surface area contributed by atoms with Crippen LogP contribution in [0.25, 0.3) is 0 Å². The summed E-state index contributed by atoms with van der Waals surface area (Å²) in [5.74, 6) is 0. The smallest absolute Gasteiger partial charge is 0.105 e. The van der Waals surface area contributed by atoms with Crippen LogP contribution in [0.1, 0.15) is 12.8 Å². The van der Waals surface area contributed by atoms with Crippen LogP contribution in [0.15, 0.2) is 12.2 Å². The summed E-state index contributed by atoms with van der Waals surface area (Å²) in [4.78, 5) is 9.18. The first kappa shape index (κ1) is 8.71. The van der Waals surface area contributed by atoms with Gasteiger partial charge in [-0.1, -0.05) is 6.58 Å². The van der Waals surface area contributed by atoms with Crippen molar-refractivity contribution in [1.82, 2.24) is 0 Å². The Morgan fingerprint density at radius 3 is 3.09 bits per heavy atom. The second kappa shape index (κ2) is 4.49. The topological polar surface area (TPSA) is 27.7 Å². The summed E-state index contributed by atoms with van der Waals surface area (Å²) in [6, 6.07) is 0. The standard InChI is InChI=1S/C8H14O3/c1-7(6-11-9-2)8-4-3-5-10-8/h8H,1,3-6H2,2H3. The van der Waals surface area contributed by atoms with Crippen LogP contribution in [-0.4, -0.2) is 26.4 Å². The summed E-state index contributed by atoms with van der Waals surface area (Å²) in [7, 11) is 1.49. The average molecular weight is 158 g/mol. The van der Waals surface area contributed by atoms with Crippen molar-refractivity contribution >= 4 is 0 Å². The van der Waals surface area contributed by atoms with Crippen LogP contribution in [0.5, 0.6) is 0 Å². The zero-order chi connectivity index (χ0) is 8.10. The van der Waals surface area contributed by atoms with Gasteiger partial charge in [0.1, 0.15) is 6.61 Å². The van der Waals surface area contributed by atoms with Crippen LogP contribution in [0.4, 0.5) is 0 Å². The highest BCUT2D eigenvalue weighted by Gasteiger charge is 2.18. The minimum Gasteiger partial charge on any atom is -0.374 e. The summed E-state index contributed by atoms with van der Waals surface area (Å²) in [6.07, 6.45) is 2.37. The highest BCUT2D eigenvalue weighted by atomic mass is 17.2. The van der Waals surface area contributed by atoms with Crippen LogP contribution in [0.3, 0.4) is 0 Å². The largest absolute Gasteiger partial charge is 0.374 e. The SMILES string of the molecule is C=C(COOC)C1CCCO1. The van der Waals surface area contributed by atoms with E-state index in [1.165, 1.54) is 7.11 Å². The van der Waals surface area contributed by atoms with E-state index in [4.69, 9.17) is 9.62 Å². The van der Waals surface area contributed by atoms with Crippen molar-refractivity contribution in [3.8, 4) is 0 Å². The third kappa shape index (κ3) is 2.61. The highest BCUT2D eigenvalue weighted by molar-refractivity contribution is 5.03. The van der Waals surface area contributed by atoms with E-state index >= 15 is 0 Å². The summed E-state index contributed by atoms with van der Waals surface area (Å²) in [5, 5.41) is 0. The fourth-order valence-corrected chi connectivity index (χ4v) is 1.13. The number of ether oxygens (including phenoxy) is 1. The molecule has 0 spiro atoms. The molecule has 0 aromatic rings. The van der Waals surface area contributed by atoms with E-state index < -0.39 is 0 Å². The summed E-state index contributed by atoms with van der Waals surface area (Å²) < 4.78 is 5.38. The van der Waals surface area contributed by atoms with Crippen molar-refractivity contribution in [1.29, 1.82) is 0 Å². The molecule has 1 rings (SSSR count). The maximum Gasteiger partial charge on any atom is 0.105 e. The maximum absolute atomic E-state index is 5.38. The lowest BCUT2D eigenvalue weighted by Gasteiger charge is -2.11. The zero-order valence-corrected chi connectivity index (χ0v) is 6.84. The first-order chi connectivity index (χ1) is 5.34. The molecule has 11 heavy (non-hydrogen) atoms. The van der Waals surface area contributed by atoms with Crippen LogP contribution in [0.2, 0.25) is 0 Å². The molecule has 0 aliphatic carbocycles. The van der Waals surface area contributed by atoms with Gasteiger partial charge in [-0.25, -0.2) is 9.78 Å². The zero-order valence-electron chi connectivity index (χ0n) is 6.84. The Labute approximate surface area is 66.9 Å². The summed E-state index contributed by atoms with van der Waals surface area (Å²) in [6.45, 7) is 5.12. The fourth-order valence-electron chi connectivity index (χ4n) is 1.13. The fraction of sp³-hybridized carbons (Fsp3) is 0.750. The third-order valence-electron chi connectivity index (χ3n) is 1.75. The predicted octanol–water partition coefficient (Wildman–Crippen LogP) is 1.30. The number of hydrogen-bond acceptors (Lipinski definition) is 3. The quantitative estimate of drug-likeness (QED) is 0.350. The molecule has 1 heterocycles. The van der Waals surface area contributed by atoms with Gasteiger partial charge in [0.25, 0.3) is 0 Å². The van der Waals surface area contributed by atoms with E-state index in [1.54, 1.807) is 0 Å². The molecule has 0 aromatic carbocycles. The van der Waals surface area contributed by atoms with Gasteiger partial charge in [0.2, 0.25) is 0 Å². The van der Waals surface area contributed by atoms with Gasteiger partial charge in [0.15, 0.2) is 0 Å². The van der Waals surface area contributed by atoms with Gasteiger partial charge in [-0.3, -0.25) is 0 Å². The van der Waals surface area contributed by atoms with E-state index in [2.05, 4.69) is 11.5 Å². The van der Waals surface area contributed by atoms with Gasteiger partial charge >= 0.3 is 0 Å². The molecule has 1 fully saturated rings. The molecule has 1 atom stereocenters. The molecule has 64 valence electrons. The van der Waals surface area contributed by atoms with Crippen LogP contribution in [0, 0.1) is 0 Å². The van der Waals surface area contributed by atoms with Gasteiger partial charge in [0.05, 0.1) is 13.2 Å². The van der Waals surface area contributed by atoms with Crippen LogP contribution >= 0.6 is 0 Å². The molecule has 0 aromatic heterocycles. The first-order valence-electron chi connectivity index (χ1n) is 3.79. The van der Waals surface area contributed by atoms with E-state index in [0.29, 0.717) is 6.61 Å². The first-order valence-corrected chi connectivity index (χ1v) is 3.79. The van der Waals surface area contributed by atoms with Gasteiger partial charge in [-0.2, -0.15) is 0 Å². The van der Waals surface area contributed by atoms with Crippen molar-refractivity contribution in [3.63, 3.8) is 0 Å². The third-order valence-corrected chi connectivity index (χ3v) is 1.75. The molecule has 0 bridgehead atoms. The van der Waals surface area contributed by atoms with Gasteiger partial charge in [-0.15, -0.1) is 0 Å². The lowest BCUT2D eigenvalue weighted by molar-refractivity contribution is -0.266. The van der Waals surface area contributed by atoms with E-state index in [-0.39, 0.29) is 6.10 Å². The minimum absolute atomic E-state index is 0.185. The van der Waals surface area contributed by atoms with E-state index in [1.807, 2.05) is 0 Å². The lowest BCUT2D eigenvalue weighted by atomic mass is 10.1. The molecule has 1 unspecified atom stereocenters. The normalized spacial score (nSPS) is 23.9. The molecule has 0 N–H and O–H groups in total. The van der Waals surface area contributed by atoms with E-state index in [0.717, 1.165) is 25.0 Å². The summed E-state index contributed by atoms with van der Waals surface area (Å²) in [5.41, 5.74) is 0.962. The summed E-state index contributed by atoms with van der Waals surface area (Å²) >= 11 is 0. The van der Waals surface area contributed by atoms with Crippen molar-refractivity contribution in [2.45, 2.75) is 18.9 Å². The van der Waals surface area contributed by atoms with Crippen molar-refractivity contribution in [3.05, 3.63) is 12.2 Å². The number of rotatable bonds is 4. The predicted molar refractivity (Wildman–Crippen MR) is 41.1 cm³/mol. The van der Waals surface area contributed by atoms with Gasteiger partial charge in [-0.05, 0) is 18.4 Å². The Kier molecular flexibility index (Phi) is 3.56. The van der Waals surface area contributed by atoms with Gasteiger partial charge in [0, 0.05) is 6.61 Å². The molecule has 0 radical (unpaired) electrons. The molecular formula is C8H14O3. The Bertz CT molecular complexity index is 127. The van der Waals surface area contributed by atoms with Crippen LogP contribution < -0.4 is 0 Å². The number of hydrogen-bond donors (Lipinski definition) is 0. The second-order valence-corrected chi connectivity index (χ2v) is 2.59. The molecule has 3 heteroatoms. The van der Waals surface area contributed by atoms with Crippen molar-refractivity contribution < 1.29 is 14.5 Å². The Balaban J connectivity index is 2.17. The monoisotopic (exact) mass is 158 g/mol. The second-order valence-electron chi connectivity index (χ2n) is 2.59. The lowest BCUT2D eigenvalue weighted by Crippen LogP contribution is -2.12. The molecule has 0 saturated carbocycles. The Morgan fingerprint density at radius 1 is 1.73 bits per heavy atom. The Hall–Kier alpha value is -0.380. The minimum atomic E-state index is 0.185. The molecule has 1 saturated heterocycles. The Morgan fingerprint density at radius 2 is 2.55 bits per heavy atom. The highest BCUT2D eigenvalue weighted by Crippen LogP contribution is 2.18. The average Bonchev–Trinajstić information content (AvgIpc) is 2.52. The molecule has 1 aliphatic rings. The molecular weight excluding hydrogens is 144 g/mol. The van der Waals surface area contributed by atoms with Crippen molar-refractivity contribution in [2.75, 3.05) is 20.3 Å². The molecule has 0 amide bonds. The van der Waals surface area contributed by atoms with E-state index in [9.17, 15) is 0 Å². The maximum atomic E-state index is 5.38. The van der Waals surface area contributed by atoms with Gasteiger partial charge < -0.3 is 4.74 Å². The molecule has 3 nitrogen and oxygen atoms in total. The van der Waals surface area contributed by atoms with Crippen LogP contribution in [-0.2, 0) is 14.5 Å². The van der Waals surface area contributed by atoms with Crippen molar-refractivity contribution in [2.24, 2.45) is 0 Å². The molecule has 1 aliphatic heterocycles.